The van der Waals surface area contributed by atoms with E-state index in [-0.39, 0.29) is 0 Å². The molecule has 10 heavy (non-hydrogen) atoms. The first kappa shape index (κ1) is 9.17. The van der Waals surface area contributed by atoms with E-state index in [1.165, 1.54) is 0 Å². The van der Waals surface area contributed by atoms with Crippen molar-refractivity contribution in [3.8, 4) is 0 Å². The van der Waals surface area contributed by atoms with Crippen LogP contribution in [-0.4, -0.2) is 11.2 Å². The molecular weight excluding hydrogens is 132 g/mol. The Morgan fingerprint density at radius 3 is 2.40 bits per heavy atom. The topological polar surface area (TPSA) is 46.5 Å². The Balaban J connectivity index is 4.05. The van der Waals surface area contributed by atoms with Crippen LogP contribution < -0.4 is 0 Å². The quantitative estimate of drug-likeness (QED) is 0.364. The van der Waals surface area contributed by atoms with Crippen molar-refractivity contribution in [2.75, 3.05) is 0 Å². The lowest BCUT2D eigenvalue weighted by molar-refractivity contribution is -0.229. The van der Waals surface area contributed by atoms with Gasteiger partial charge in [-0.25, -0.2) is 4.79 Å². The molecule has 0 radical (unpaired) electrons. The minimum absolute atomic E-state index is 0.291. The Morgan fingerprint density at radius 2 is 2.10 bits per heavy atom. The summed E-state index contributed by atoms with van der Waals surface area (Å²) >= 11 is 0. The largest absolute Gasteiger partial charge is 0.368 e. The average molecular weight is 144 g/mol. The summed E-state index contributed by atoms with van der Waals surface area (Å²) in [4.78, 5) is 14.0. The molecule has 0 bridgehead atoms. The molecule has 0 amide bonds. The van der Waals surface area contributed by atoms with E-state index in [9.17, 15) is 4.79 Å². The van der Waals surface area contributed by atoms with Crippen molar-refractivity contribution in [3.05, 3.63) is 11.6 Å². The van der Waals surface area contributed by atoms with Crippen LogP contribution in [0.2, 0.25) is 0 Å². The van der Waals surface area contributed by atoms with Crippen molar-refractivity contribution in [2.24, 2.45) is 5.92 Å². The van der Waals surface area contributed by atoms with E-state index >= 15 is 0 Å². The molecule has 0 spiro atoms. The maximum absolute atomic E-state index is 10.5. The second-order valence-electron chi connectivity index (χ2n) is 2.47. The van der Waals surface area contributed by atoms with E-state index in [0.29, 0.717) is 11.5 Å². The number of carbonyl (C=O) groups excluding carboxylic acids is 1. The van der Waals surface area contributed by atoms with E-state index in [2.05, 4.69) is 4.89 Å². The minimum Gasteiger partial charge on any atom is -0.296 e. The van der Waals surface area contributed by atoms with Crippen molar-refractivity contribution in [2.45, 2.75) is 20.8 Å². The lowest BCUT2D eigenvalue weighted by atomic mass is 10.1. The van der Waals surface area contributed by atoms with Gasteiger partial charge in [-0.15, -0.1) is 0 Å². The minimum atomic E-state index is -0.686. The molecule has 58 valence electrons. The Hall–Kier alpha value is -0.830. The molecule has 0 aliphatic heterocycles. The third-order valence-electron chi connectivity index (χ3n) is 0.988. The fourth-order valence-electron chi connectivity index (χ4n) is 0.640. The summed E-state index contributed by atoms with van der Waals surface area (Å²) in [5.41, 5.74) is 0.428. The van der Waals surface area contributed by atoms with Gasteiger partial charge in [0.1, 0.15) is 0 Å². The summed E-state index contributed by atoms with van der Waals surface area (Å²) in [7, 11) is 0. The second kappa shape index (κ2) is 4.06. The highest BCUT2D eigenvalue weighted by atomic mass is 17.1. The van der Waals surface area contributed by atoms with Crippen LogP contribution in [0.15, 0.2) is 11.6 Å². The van der Waals surface area contributed by atoms with Gasteiger partial charge in [-0.05, 0) is 12.8 Å². The molecule has 0 heterocycles. The van der Waals surface area contributed by atoms with Crippen LogP contribution in [0.25, 0.3) is 0 Å². The molecule has 0 atom stereocenters. The molecule has 0 aromatic heterocycles. The molecule has 3 heteroatoms. The Labute approximate surface area is 60.2 Å². The van der Waals surface area contributed by atoms with E-state index < -0.39 is 5.97 Å². The third kappa shape index (κ3) is 3.25. The zero-order valence-corrected chi connectivity index (χ0v) is 6.42. The van der Waals surface area contributed by atoms with Gasteiger partial charge in [-0.1, -0.05) is 19.9 Å². The number of hydrogen-bond acceptors (Lipinski definition) is 3. The van der Waals surface area contributed by atoms with Gasteiger partial charge in [-0.2, -0.15) is 5.26 Å². The molecule has 3 nitrogen and oxygen atoms in total. The lowest BCUT2D eigenvalue weighted by Gasteiger charge is -1.97. The van der Waals surface area contributed by atoms with Crippen LogP contribution in [-0.2, 0) is 9.68 Å². The van der Waals surface area contributed by atoms with Crippen molar-refractivity contribution < 1.29 is 14.9 Å². The summed E-state index contributed by atoms with van der Waals surface area (Å²) in [6, 6.07) is 0. The fraction of sp³-hybridized carbons (Fsp3) is 0.571. The van der Waals surface area contributed by atoms with E-state index in [0.717, 1.165) is 0 Å². The zero-order valence-electron chi connectivity index (χ0n) is 6.42. The normalized spacial score (nSPS) is 11.9. The van der Waals surface area contributed by atoms with Gasteiger partial charge in [0.25, 0.3) is 0 Å². The smallest absolute Gasteiger partial charge is 0.296 e. The maximum atomic E-state index is 10.5. The molecule has 0 aromatic rings. The first-order valence-corrected chi connectivity index (χ1v) is 3.12. The van der Waals surface area contributed by atoms with Crippen molar-refractivity contribution in [3.63, 3.8) is 0 Å². The monoisotopic (exact) mass is 144 g/mol. The summed E-state index contributed by atoms with van der Waals surface area (Å²) in [6.45, 7) is 5.47. The molecule has 0 aliphatic rings. The van der Waals surface area contributed by atoms with Gasteiger partial charge in [-0.3, -0.25) is 4.89 Å². The van der Waals surface area contributed by atoms with Gasteiger partial charge in [0.05, 0.1) is 0 Å². The van der Waals surface area contributed by atoms with Crippen molar-refractivity contribution >= 4 is 5.97 Å². The van der Waals surface area contributed by atoms with Gasteiger partial charge >= 0.3 is 5.97 Å². The molecule has 0 fully saturated rings. The molecule has 0 unspecified atom stereocenters. The SMILES string of the molecule is CC(=CC(C)C)C(=O)OO. The Bertz CT molecular complexity index is 147. The first-order valence-electron chi connectivity index (χ1n) is 3.12. The zero-order chi connectivity index (χ0) is 8.15. The molecule has 0 aromatic carbocycles. The Kier molecular flexibility index (Phi) is 3.72. The number of hydrogen-bond donors (Lipinski definition) is 1. The Morgan fingerprint density at radius 1 is 1.60 bits per heavy atom. The van der Waals surface area contributed by atoms with Crippen molar-refractivity contribution in [1.29, 1.82) is 0 Å². The van der Waals surface area contributed by atoms with E-state index in [4.69, 9.17) is 5.26 Å². The third-order valence-corrected chi connectivity index (χ3v) is 0.988. The van der Waals surface area contributed by atoms with Gasteiger partial charge in [0, 0.05) is 5.57 Å². The summed E-state index contributed by atoms with van der Waals surface area (Å²) < 4.78 is 0. The standard InChI is InChI=1S/C7H12O3/c1-5(2)4-6(3)7(8)10-9/h4-5,9H,1-3H3. The molecule has 0 aliphatic carbocycles. The molecule has 0 saturated heterocycles. The van der Waals surface area contributed by atoms with Crippen LogP contribution in [0.3, 0.4) is 0 Å². The first-order chi connectivity index (χ1) is 4.57. The highest BCUT2D eigenvalue weighted by Gasteiger charge is 2.04. The van der Waals surface area contributed by atoms with Gasteiger partial charge < -0.3 is 0 Å². The predicted octanol–water partition coefficient (Wildman–Crippen LogP) is 1.60. The van der Waals surface area contributed by atoms with Crippen LogP contribution in [0.4, 0.5) is 0 Å². The molecule has 1 N–H and O–H groups in total. The van der Waals surface area contributed by atoms with E-state index in [1.54, 1.807) is 13.0 Å². The number of carbonyl (C=O) groups is 1. The number of rotatable bonds is 2. The molecule has 0 rings (SSSR count). The van der Waals surface area contributed by atoms with Crippen LogP contribution in [0.1, 0.15) is 20.8 Å². The summed E-state index contributed by atoms with van der Waals surface area (Å²) in [6.07, 6.45) is 1.72. The summed E-state index contributed by atoms with van der Waals surface area (Å²) in [5, 5.41) is 7.93. The lowest BCUT2D eigenvalue weighted by Crippen LogP contribution is -2.02. The second-order valence-corrected chi connectivity index (χ2v) is 2.47. The summed E-state index contributed by atoms with van der Waals surface area (Å²) in [5.74, 6) is -0.396. The van der Waals surface area contributed by atoms with Gasteiger partial charge in [0.15, 0.2) is 0 Å². The van der Waals surface area contributed by atoms with Crippen LogP contribution in [0, 0.1) is 5.92 Å². The highest BCUT2D eigenvalue weighted by molar-refractivity contribution is 5.87. The molecule has 0 saturated carbocycles. The predicted molar refractivity (Wildman–Crippen MR) is 37.3 cm³/mol. The van der Waals surface area contributed by atoms with Crippen LogP contribution in [0.5, 0.6) is 0 Å². The fourth-order valence-corrected chi connectivity index (χ4v) is 0.640. The molecular formula is C7H12O3. The average Bonchev–Trinajstić information content (AvgIpc) is 1.85. The number of allylic oxidation sites excluding steroid dienone is 1. The van der Waals surface area contributed by atoms with Crippen LogP contribution >= 0.6 is 0 Å². The van der Waals surface area contributed by atoms with E-state index in [1.807, 2.05) is 13.8 Å². The highest BCUT2D eigenvalue weighted by Crippen LogP contribution is 2.02. The van der Waals surface area contributed by atoms with Gasteiger partial charge in [0.2, 0.25) is 0 Å². The van der Waals surface area contributed by atoms with Crippen molar-refractivity contribution in [1.82, 2.24) is 0 Å². The maximum Gasteiger partial charge on any atom is 0.368 e.